The van der Waals surface area contributed by atoms with Crippen molar-refractivity contribution in [1.82, 2.24) is 5.32 Å². The molecule has 0 saturated heterocycles. The molecule has 1 aliphatic rings. The van der Waals surface area contributed by atoms with E-state index in [0.717, 1.165) is 32.1 Å². The lowest BCUT2D eigenvalue weighted by molar-refractivity contribution is -0.0103. The SMILES string of the molecule is CCC1(O)CCC(NC(C)C(C)OC)CC1. The molecule has 1 saturated carbocycles. The lowest BCUT2D eigenvalue weighted by Gasteiger charge is -2.37. The zero-order valence-electron chi connectivity index (χ0n) is 11.1. The minimum atomic E-state index is -0.395. The zero-order chi connectivity index (χ0) is 12.2. The first-order valence-electron chi connectivity index (χ1n) is 6.52. The van der Waals surface area contributed by atoms with Crippen LogP contribution >= 0.6 is 0 Å². The second-order valence-corrected chi connectivity index (χ2v) is 5.25. The van der Waals surface area contributed by atoms with E-state index in [-0.39, 0.29) is 6.10 Å². The molecule has 0 aromatic rings. The van der Waals surface area contributed by atoms with Crippen molar-refractivity contribution in [2.45, 2.75) is 76.7 Å². The van der Waals surface area contributed by atoms with Crippen LogP contribution in [0.25, 0.3) is 0 Å². The molecule has 2 atom stereocenters. The van der Waals surface area contributed by atoms with Gasteiger partial charge in [-0.1, -0.05) is 6.92 Å². The van der Waals surface area contributed by atoms with Crippen molar-refractivity contribution in [1.29, 1.82) is 0 Å². The fourth-order valence-corrected chi connectivity index (χ4v) is 2.39. The van der Waals surface area contributed by atoms with Crippen LogP contribution in [0.1, 0.15) is 52.9 Å². The van der Waals surface area contributed by atoms with Gasteiger partial charge < -0.3 is 15.2 Å². The molecular formula is C13H27NO2. The van der Waals surface area contributed by atoms with E-state index in [1.807, 2.05) is 0 Å². The van der Waals surface area contributed by atoms with Gasteiger partial charge in [-0.3, -0.25) is 0 Å². The van der Waals surface area contributed by atoms with Crippen LogP contribution in [0.3, 0.4) is 0 Å². The molecule has 0 heterocycles. The minimum Gasteiger partial charge on any atom is -0.390 e. The Morgan fingerprint density at radius 1 is 1.38 bits per heavy atom. The van der Waals surface area contributed by atoms with Gasteiger partial charge in [-0.25, -0.2) is 0 Å². The predicted octanol–water partition coefficient (Wildman–Crippen LogP) is 2.08. The average molecular weight is 229 g/mol. The summed E-state index contributed by atoms with van der Waals surface area (Å²) in [4.78, 5) is 0. The fourth-order valence-electron chi connectivity index (χ4n) is 2.39. The van der Waals surface area contributed by atoms with Gasteiger partial charge in [0.1, 0.15) is 0 Å². The molecule has 0 bridgehead atoms. The van der Waals surface area contributed by atoms with Gasteiger partial charge in [0.25, 0.3) is 0 Å². The summed E-state index contributed by atoms with van der Waals surface area (Å²) < 4.78 is 5.30. The number of methoxy groups -OCH3 is 1. The maximum Gasteiger partial charge on any atom is 0.0693 e. The molecule has 0 amide bonds. The summed E-state index contributed by atoms with van der Waals surface area (Å²) in [5, 5.41) is 13.7. The van der Waals surface area contributed by atoms with Crippen LogP contribution in [-0.2, 0) is 4.74 Å². The quantitative estimate of drug-likeness (QED) is 0.758. The van der Waals surface area contributed by atoms with Crippen molar-refractivity contribution >= 4 is 0 Å². The van der Waals surface area contributed by atoms with Gasteiger partial charge in [0.2, 0.25) is 0 Å². The van der Waals surface area contributed by atoms with Gasteiger partial charge >= 0.3 is 0 Å². The third-order valence-corrected chi connectivity index (χ3v) is 4.15. The van der Waals surface area contributed by atoms with Gasteiger partial charge in [-0.2, -0.15) is 0 Å². The summed E-state index contributed by atoms with van der Waals surface area (Å²) >= 11 is 0. The molecule has 1 aliphatic carbocycles. The molecule has 0 aliphatic heterocycles. The van der Waals surface area contributed by atoms with Crippen molar-refractivity contribution in [3.63, 3.8) is 0 Å². The van der Waals surface area contributed by atoms with Crippen molar-refractivity contribution < 1.29 is 9.84 Å². The summed E-state index contributed by atoms with van der Waals surface area (Å²) in [6.07, 6.45) is 5.12. The number of rotatable bonds is 5. The Balaban J connectivity index is 2.32. The molecule has 3 nitrogen and oxygen atoms in total. The highest BCUT2D eigenvalue weighted by Gasteiger charge is 2.32. The van der Waals surface area contributed by atoms with Crippen molar-refractivity contribution in [2.75, 3.05) is 7.11 Å². The van der Waals surface area contributed by atoms with Crippen LogP contribution in [-0.4, -0.2) is 36.0 Å². The Morgan fingerprint density at radius 3 is 2.38 bits per heavy atom. The molecule has 0 aromatic heterocycles. The smallest absolute Gasteiger partial charge is 0.0693 e. The molecule has 1 rings (SSSR count). The summed E-state index contributed by atoms with van der Waals surface area (Å²) in [7, 11) is 1.75. The van der Waals surface area contributed by atoms with Crippen LogP contribution in [0.5, 0.6) is 0 Å². The number of ether oxygens (including phenoxy) is 1. The number of nitrogens with one attached hydrogen (secondary N) is 1. The predicted molar refractivity (Wildman–Crippen MR) is 66.6 cm³/mol. The Hall–Kier alpha value is -0.120. The summed E-state index contributed by atoms with van der Waals surface area (Å²) in [5.41, 5.74) is -0.395. The molecule has 1 fully saturated rings. The maximum absolute atomic E-state index is 10.1. The molecule has 2 unspecified atom stereocenters. The molecular weight excluding hydrogens is 202 g/mol. The number of hydrogen-bond donors (Lipinski definition) is 2. The normalized spacial score (nSPS) is 34.7. The standard InChI is InChI=1S/C13H27NO2/c1-5-13(15)8-6-12(7-9-13)14-10(2)11(3)16-4/h10-12,14-15H,5-9H2,1-4H3. The largest absolute Gasteiger partial charge is 0.390 e. The highest BCUT2D eigenvalue weighted by atomic mass is 16.5. The van der Waals surface area contributed by atoms with Gasteiger partial charge in [-0.15, -0.1) is 0 Å². The first kappa shape index (κ1) is 13.9. The Bertz CT molecular complexity index is 200. The van der Waals surface area contributed by atoms with E-state index in [9.17, 15) is 5.11 Å². The Labute approximate surface area is 99.6 Å². The zero-order valence-corrected chi connectivity index (χ0v) is 11.1. The fraction of sp³-hybridized carbons (Fsp3) is 1.00. The van der Waals surface area contributed by atoms with E-state index in [2.05, 4.69) is 26.1 Å². The highest BCUT2D eigenvalue weighted by molar-refractivity contribution is 4.88. The van der Waals surface area contributed by atoms with Gasteiger partial charge in [0, 0.05) is 19.2 Å². The number of aliphatic hydroxyl groups is 1. The lowest BCUT2D eigenvalue weighted by Crippen LogP contribution is -2.47. The first-order valence-corrected chi connectivity index (χ1v) is 6.52. The van der Waals surface area contributed by atoms with Crippen LogP contribution in [0.4, 0.5) is 0 Å². The van der Waals surface area contributed by atoms with Crippen LogP contribution < -0.4 is 5.32 Å². The third kappa shape index (κ3) is 3.72. The van der Waals surface area contributed by atoms with Crippen LogP contribution in [0, 0.1) is 0 Å². The molecule has 16 heavy (non-hydrogen) atoms. The first-order chi connectivity index (χ1) is 7.50. The second-order valence-electron chi connectivity index (χ2n) is 5.25. The molecule has 0 aromatic carbocycles. The number of hydrogen-bond acceptors (Lipinski definition) is 3. The van der Waals surface area contributed by atoms with E-state index in [1.54, 1.807) is 7.11 Å². The topological polar surface area (TPSA) is 41.5 Å². The van der Waals surface area contributed by atoms with E-state index in [1.165, 1.54) is 0 Å². The average Bonchev–Trinajstić information content (AvgIpc) is 2.31. The van der Waals surface area contributed by atoms with E-state index in [0.29, 0.717) is 12.1 Å². The lowest BCUT2D eigenvalue weighted by atomic mass is 9.80. The van der Waals surface area contributed by atoms with Crippen molar-refractivity contribution in [3.05, 3.63) is 0 Å². The Kier molecular flexibility index (Phi) is 5.22. The summed E-state index contributed by atoms with van der Waals surface area (Å²) in [6, 6.07) is 0.919. The highest BCUT2D eigenvalue weighted by Crippen LogP contribution is 2.31. The second kappa shape index (κ2) is 5.99. The molecule has 0 radical (unpaired) electrons. The Morgan fingerprint density at radius 2 is 1.94 bits per heavy atom. The molecule has 0 spiro atoms. The van der Waals surface area contributed by atoms with Gasteiger partial charge in [0.15, 0.2) is 0 Å². The van der Waals surface area contributed by atoms with E-state index < -0.39 is 5.60 Å². The van der Waals surface area contributed by atoms with Crippen molar-refractivity contribution in [2.24, 2.45) is 0 Å². The van der Waals surface area contributed by atoms with E-state index in [4.69, 9.17) is 4.74 Å². The summed E-state index contributed by atoms with van der Waals surface area (Å²) in [6.45, 7) is 6.32. The molecule has 3 heteroatoms. The molecule has 96 valence electrons. The van der Waals surface area contributed by atoms with Crippen molar-refractivity contribution in [3.8, 4) is 0 Å². The van der Waals surface area contributed by atoms with Gasteiger partial charge in [-0.05, 0) is 46.0 Å². The summed E-state index contributed by atoms with van der Waals surface area (Å²) in [5.74, 6) is 0. The van der Waals surface area contributed by atoms with Gasteiger partial charge in [0.05, 0.1) is 11.7 Å². The maximum atomic E-state index is 10.1. The van der Waals surface area contributed by atoms with Crippen LogP contribution in [0.2, 0.25) is 0 Å². The van der Waals surface area contributed by atoms with Crippen LogP contribution in [0.15, 0.2) is 0 Å². The molecule has 2 N–H and O–H groups in total. The monoisotopic (exact) mass is 229 g/mol. The van der Waals surface area contributed by atoms with E-state index >= 15 is 0 Å². The minimum absolute atomic E-state index is 0.243. The third-order valence-electron chi connectivity index (χ3n) is 4.15.